The third-order valence-corrected chi connectivity index (χ3v) is 4.73. The summed E-state index contributed by atoms with van der Waals surface area (Å²) in [5.74, 6) is -1.61. The van der Waals surface area contributed by atoms with Crippen LogP contribution in [0.1, 0.15) is 13.3 Å². The van der Waals surface area contributed by atoms with Crippen molar-refractivity contribution in [2.45, 2.75) is 19.3 Å². The van der Waals surface area contributed by atoms with Gasteiger partial charge in [0.2, 0.25) is 5.41 Å². The second-order valence-electron chi connectivity index (χ2n) is 5.84. The smallest absolute Gasteiger partial charge is 0.317 e. The van der Waals surface area contributed by atoms with Crippen LogP contribution in [0.3, 0.4) is 0 Å². The fraction of sp³-hybridized carbons (Fsp3) is 0.714. The molecule has 0 aromatic heterocycles. The molecule has 0 radical (unpaired) electrons. The highest BCUT2D eigenvalue weighted by atomic mass is 16.7. The van der Waals surface area contributed by atoms with Crippen LogP contribution >= 0.6 is 0 Å². The molecule has 0 bridgehead atoms. The number of nitrogens with one attached hydrogen (secondary N) is 1. The monoisotopic (exact) mass is 305 g/mol. The molecule has 1 fully saturated rings. The number of methoxy groups -OCH3 is 2. The van der Waals surface area contributed by atoms with Gasteiger partial charge < -0.3 is 14.5 Å². The number of amidine groups is 1. The van der Waals surface area contributed by atoms with Crippen molar-refractivity contribution >= 4 is 11.5 Å². The van der Waals surface area contributed by atoms with E-state index in [9.17, 15) is 10.5 Å². The van der Waals surface area contributed by atoms with E-state index in [4.69, 9.17) is 15.2 Å². The maximum Gasteiger partial charge on any atom is 0.342 e. The standard InChI is InChI=1S/C14H20N6O2/c1-9-6-10(19-20(2)3)12(7-15)11(17)18-14(21-4,22-5)13(9,12)8-16/h9H,6H2,1-5H3,(H2,17,18)/p+1/b19-10-/t9-,12-,13-/m1/s1. The number of fused-ring (bicyclic) bond motifs is 1. The SMILES string of the molecule is COC1(OC)[NH+]=C(N)[C@@]2(C#N)/C(=N\N(C)C)C[C@@H](C)[C@@]12C#N. The van der Waals surface area contributed by atoms with Gasteiger partial charge >= 0.3 is 5.91 Å². The van der Waals surface area contributed by atoms with Crippen LogP contribution in [-0.4, -0.2) is 50.8 Å². The van der Waals surface area contributed by atoms with Crippen molar-refractivity contribution < 1.29 is 14.5 Å². The molecule has 1 aliphatic carbocycles. The van der Waals surface area contributed by atoms with E-state index in [1.54, 1.807) is 19.1 Å². The van der Waals surface area contributed by atoms with Crippen LogP contribution in [0.5, 0.6) is 0 Å². The Hall–Kier alpha value is -2.16. The lowest BCUT2D eigenvalue weighted by atomic mass is 9.62. The summed E-state index contributed by atoms with van der Waals surface area (Å²) in [5.41, 5.74) is 3.95. The van der Waals surface area contributed by atoms with E-state index in [1.165, 1.54) is 14.2 Å². The molecule has 118 valence electrons. The van der Waals surface area contributed by atoms with Crippen molar-refractivity contribution in [2.24, 2.45) is 27.6 Å². The number of nitrogens with two attached hydrogens (primary N) is 1. The minimum atomic E-state index is -1.50. The molecular weight excluding hydrogens is 284 g/mol. The minimum absolute atomic E-state index is 0.130. The van der Waals surface area contributed by atoms with Crippen LogP contribution in [-0.2, 0) is 9.47 Å². The summed E-state index contributed by atoms with van der Waals surface area (Å²) in [4.78, 5) is 2.89. The molecule has 0 unspecified atom stereocenters. The largest absolute Gasteiger partial charge is 0.342 e. The summed E-state index contributed by atoms with van der Waals surface area (Å²) < 4.78 is 11.0. The Kier molecular flexibility index (Phi) is 3.64. The summed E-state index contributed by atoms with van der Waals surface area (Å²) >= 11 is 0. The second kappa shape index (κ2) is 4.94. The normalized spacial score (nSPS) is 37.3. The minimum Gasteiger partial charge on any atom is -0.317 e. The first kappa shape index (κ1) is 16.2. The lowest BCUT2D eigenvalue weighted by Gasteiger charge is -2.38. The Balaban J connectivity index is 2.86. The highest BCUT2D eigenvalue weighted by molar-refractivity contribution is 6.15. The predicted octanol–water partition coefficient (Wildman–Crippen LogP) is -1.64. The third-order valence-electron chi connectivity index (χ3n) is 4.73. The number of ether oxygens (including phenoxy) is 2. The van der Waals surface area contributed by atoms with Crippen LogP contribution in [0.2, 0.25) is 0 Å². The lowest BCUT2D eigenvalue weighted by molar-refractivity contribution is -0.692. The summed E-state index contributed by atoms with van der Waals surface area (Å²) in [6.07, 6.45) is 0.455. The van der Waals surface area contributed by atoms with Crippen molar-refractivity contribution in [2.75, 3.05) is 28.3 Å². The van der Waals surface area contributed by atoms with E-state index in [2.05, 4.69) is 22.2 Å². The Labute approximate surface area is 129 Å². The third kappa shape index (κ3) is 1.46. The van der Waals surface area contributed by atoms with Crippen LogP contribution in [0.25, 0.3) is 0 Å². The summed E-state index contributed by atoms with van der Waals surface area (Å²) in [6, 6.07) is 4.50. The Bertz CT molecular complexity index is 624. The van der Waals surface area contributed by atoms with Crippen molar-refractivity contribution in [3.8, 4) is 12.1 Å². The molecule has 0 aromatic carbocycles. The van der Waals surface area contributed by atoms with Gasteiger partial charge in [0.05, 0.1) is 17.9 Å². The van der Waals surface area contributed by atoms with E-state index >= 15 is 0 Å². The van der Waals surface area contributed by atoms with Crippen molar-refractivity contribution in [1.82, 2.24) is 5.01 Å². The average molecular weight is 305 g/mol. The van der Waals surface area contributed by atoms with Gasteiger partial charge in [-0.25, -0.2) is 4.99 Å². The van der Waals surface area contributed by atoms with Crippen LogP contribution in [0.4, 0.5) is 0 Å². The summed E-state index contributed by atoms with van der Waals surface area (Å²) in [6.45, 7) is 1.88. The van der Waals surface area contributed by atoms with Gasteiger partial charge in [0.25, 0.3) is 5.84 Å². The zero-order valence-electron chi connectivity index (χ0n) is 13.5. The van der Waals surface area contributed by atoms with Gasteiger partial charge in [-0.05, 0) is 12.3 Å². The van der Waals surface area contributed by atoms with E-state index in [1.807, 2.05) is 6.92 Å². The highest BCUT2D eigenvalue weighted by Gasteiger charge is 2.83. The molecule has 0 spiro atoms. The quantitative estimate of drug-likeness (QED) is 0.476. The molecule has 1 aliphatic heterocycles. The molecular formula is C14H21N6O2+. The molecule has 2 aliphatic rings. The molecule has 2 rings (SSSR count). The molecule has 0 amide bonds. The van der Waals surface area contributed by atoms with E-state index in [0.717, 1.165) is 0 Å². The van der Waals surface area contributed by atoms with Gasteiger partial charge in [-0.1, -0.05) is 6.92 Å². The number of nitrogens with zero attached hydrogens (tertiary/aromatic N) is 4. The Morgan fingerprint density at radius 2 is 1.91 bits per heavy atom. The second-order valence-corrected chi connectivity index (χ2v) is 5.84. The number of hydrogen-bond acceptors (Lipinski definition) is 7. The molecule has 3 atom stereocenters. The average Bonchev–Trinajstić information content (AvgIpc) is 2.86. The first-order valence-corrected chi connectivity index (χ1v) is 6.91. The topological polar surface area (TPSA) is 122 Å². The summed E-state index contributed by atoms with van der Waals surface area (Å²) in [7, 11) is 6.36. The fourth-order valence-corrected chi connectivity index (χ4v) is 3.85. The van der Waals surface area contributed by atoms with Gasteiger partial charge in [0.15, 0.2) is 5.41 Å². The van der Waals surface area contributed by atoms with E-state index < -0.39 is 16.7 Å². The maximum atomic E-state index is 10.0. The first-order valence-electron chi connectivity index (χ1n) is 6.91. The van der Waals surface area contributed by atoms with Gasteiger partial charge in [0, 0.05) is 28.3 Å². The molecule has 0 aromatic rings. The molecule has 1 saturated carbocycles. The van der Waals surface area contributed by atoms with Crippen molar-refractivity contribution in [1.29, 1.82) is 10.5 Å². The number of rotatable bonds is 3. The Morgan fingerprint density at radius 3 is 2.32 bits per heavy atom. The fourth-order valence-electron chi connectivity index (χ4n) is 3.85. The molecule has 8 nitrogen and oxygen atoms in total. The predicted molar refractivity (Wildman–Crippen MR) is 77.9 cm³/mol. The molecule has 1 heterocycles. The van der Waals surface area contributed by atoms with Crippen LogP contribution < -0.4 is 10.7 Å². The van der Waals surface area contributed by atoms with Gasteiger partial charge in [-0.2, -0.15) is 15.6 Å². The van der Waals surface area contributed by atoms with Crippen molar-refractivity contribution in [3.05, 3.63) is 0 Å². The van der Waals surface area contributed by atoms with Gasteiger partial charge in [-0.15, -0.1) is 0 Å². The van der Waals surface area contributed by atoms with Gasteiger partial charge in [-0.3, -0.25) is 5.73 Å². The molecule has 8 heteroatoms. The zero-order valence-corrected chi connectivity index (χ0v) is 13.5. The maximum absolute atomic E-state index is 10.0. The number of nitriles is 2. The van der Waals surface area contributed by atoms with Gasteiger partial charge in [0.1, 0.15) is 0 Å². The zero-order chi connectivity index (χ0) is 16.8. The summed E-state index contributed by atoms with van der Waals surface area (Å²) in [5, 5.41) is 26.0. The molecule has 22 heavy (non-hydrogen) atoms. The number of hydrogen-bond donors (Lipinski definition) is 2. The molecule has 0 saturated heterocycles. The highest BCUT2D eigenvalue weighted by Crippen LogP contribution is 2.60. The number of hydrazone groups is 1. The Morgan fingerprint density at radius 1 is 1.32 bits per heavy atom. The van der Waals surface area contributed by atoms with E-state index in [0.29, 0.717) is 12.1 Å². The van der Waals surface area contributed by atoms with Crippen molar-refractivity contribution in [3.63, 3.8) is 0 Å². The molecule has 3 N–H and O–H groups in total. The van der Waals surface area contributed by atoms with E-state index in [-0.39, 0.29) is 11.8 Å². The lowest BCUT2D eigenvalue weighted by Crippen LogP contribution is -2.90. The first-order chi connectivity index (χ1) is 10.3. The van der Waals surface area contributed by atoms with Crippen LogP contribution in [0.15, 0.2) is 5.10 Å². The van der Waals surface area contributed by atoms with Crippen LogP contribution in [0, 0.1) is 39.4 Å².